The van der Waals surface area contributed by atoms with Crippen molar-refractivity contribution in [3.63, 3.8) is 0 Å². The van der Waals surface area contributed by atoms with E-state index in [0.29, 0.717) is 22.5 Å². The van der Waals surface area contributed by atoms with Gasteiger partial charge in [-0.3, -0.25) is 0 Å². The smallest absolute Gasteiger partial charge is 0.100 e. The van der Waals surface area contributed by atoms with Crippen LogP contribution in [-0.2, 0) is 4.74 Å². The third-order valence-electron chi connectivity index (χ3n) is 11.2. The first-order valence-corrected chi connectivity index (χ1v) is 13.0. The second-order valence-electron chi connectivity index (χ2n) is 12.8. The average Bonchev–Trinajstić information content (AvgIpc) is 3.23. The van der Waals surface area contributed by atoms with Gasteiger partial charge in [0.05, 0.1) is 6.10 Å². The van der Waals surface area contributed by atoms with Crippen LogP contribution in [0.2, 0.25) is 0 Å². The van der Waals surface area contributed by atoms with Crippen molar-refractivity contribution in [2.75, 3.05) is 0 Å². The molecule has 5 fully saturated rings. The van der Waals surface area contributed by atoms with Crippen LogP contribution in [0.4, 0.5) is 0 Å². The lowest BCUT2D eigenvalue weighted by molar-refractivity contribution is -0.100. The second-order valence-corrected chi connectivity index (χ2v) is 12.8. The molecule has 0 aromatic carbocycles. The second kappa shape index (κ2) is 6.73. The van der Waals surface area contributed by atoms with Gasteiger partial charge < -0.3 is 4.74 Å². The molecule has 4 saturated carbocycles. The fourth-order valence-electron chi connectivity index (χ4n) is 9.74. The molecule has 160 valence electrons. The number of hydrogen-bond donors (Lipinski definition) is 0. The lowest BCUT2D eigenvalue weighted by Gasteiger charge is -2.59. The highest BCUT2D eigenvalue weighted by molar-refractivity contribution is 5.23. The molecule has 0 amide bonds. The molecule has 1 spiro atoms. The standard InChI is InChI=1S/C27H46O/c1-18(2)9-8-10-19(3)21-11-12-22-20-17-24-27(28-24)15-7-6-14-26(27,5)23(20)13-16-25(21,22)4/h18-24H,6-17H2,1-5H3/t19-,20-,21+,22-,23-,24+,25-,26-,27+/m1/s1. The quantitative estimate of drug-likeness (QED) is 0.442. The van der Waals surface area contributed by atoms with E-state index >= 15 is 0 Å². The van der Waals surface area contributed by atoms with Crippen LogP contribution in [0.5, 0.6) is 0 Å². The highest BCUT2D eigenvalue weighted by atomic mass is 16.6. The molecule has 1 nitrogen and oxygen atoms in total. The summed E-state index contributed by atoms with van der Waals surface area (Å²) in [6, 6.07) is 0. The molecule has 0 aromatic heterocycles. The van der Waals surface area contributed by atoms with E-state index in [9.17, 15) is 0 Å². The van der Waals surface area contributed by atoms with Gasteiger partial charge in [0, 0.05) is 5.41 Å². The SMILES string of the molecule is CC(C)CCC[C@@H](C)[C@@H]1CC[C@@H]2[C@H]3C[C@@H]4O[C@@]45CCCC[C@]5(C)[C@@H]3CC[C@@]21C. The molecule has 5 aliphatic rings. The van der Waals surface area contributed by atoms with Crippen molar-refractivity contribution in [2.24, 2.45) is 46.3 Å². The predicted molar refractivity (Wildman–Crippen MR) is 117 cm³/mol. The van der Waals surface area contributed by atoms with Gasteiger partial charge in [0.25, 0.3) is 0 Å². The Hall–Kier alpha value is -0.0400. The van der Waals surface area contributed by atoms with Crippen molar-refractivity contribution < 1.29 is 4.74 Å². The molecule has 1 heteroatoms. The molecule has 5 rings (SSSR count). The summed E-state index contributed by atoms with van der Waals surface area (Å²) in [4.78, 5) is 0. The van der Waals surface area contributed by atoms with Crippen molar-refractivity contribution in [1.29, 1.82) is 0 Å². The molecule has 1 aliphatic heterocycles. The van der Waals surface area contributed by atoms with Crippen LogP contribution >= 0.6 is 0 Å². The maximum Gasteiger partial charge on any atom is 0.100 e. The maximum absolute atomic E-state index is 6.60. The number of rotatable bonds is 5. The average molecular weight is 387 g/mol. The summed E-state index contributed by atoms with van der Waals surface area (Å²) >= 11 is 0. The normalized spacial score (nSPS) is 53.1. The fraction of sp³-hybridized carbons (Fsp3) is 1.00. The first kappa shape index (κ1) is 19.9. The number of fused-ring (bicyclic) bond motifs is 4. The Morgan fingerprint density at radius 3 is 2.46 bits per heavy atom. The van der Waals surface area contributed by atoms with E-state index in [1.54, 1.807) is 0 Å². The van der Waals surface area contributed by atoms with Crippen LogP contribution in [0.1, 0.15) is 112 Å². The van der Waals surface area contributed by atoms with Crippen LogP contribution in [-0.4, -0.2) is 11.7 Å². The monoisotopic (exact) mass is 386 g/mol. The third kappa shape index (κ3) is 2.66. The molecule has 28 heavy (non-hydrogen) atoms. The molecule has 0 N–H and O–H groups in total. The van der Waals surface area contributed by atoms with Crippen molar-refractivity contribution >= 4 is 0 Å². The van der Waals surface area contributed by atoms with E-state index in [1.165, 1.54) is 77.0 Å². The van der Waals surface area contributed by atoms with Gasteiger partial charge in [-0.05, 0) is 85.9 Å². The molecular weight excluding hydrogens is 340 g/mol. The van der Waals surface area contributed by atoms with Crippen molar-refractivity contribution in [2.45, 2.75) is 123 Å². The maximum atomic E-state index is 6.60. The number of ether oxygens (including phenoxy) is 1. The molecule has 9 atom stereocenters. The summed E-state index contributed by atoms with van der Waals surface area (Å²) in [7, 11) is 0. The summed E-state index contributed by atoms with van der Waals surface area (Å²) < 4.78 is 6.60. The predicted octanol–water partition coefficient (Wildman–Crippen LogP) is 7.63. The van der Waals surface area contributed by atoms with Gasteiger partial charge in [0.1, 0.15) is 5.60 Å². The Kier molecular flexibility index (Phi) is 4.78. The van der Waals surface area contributed by atoms with E-state index in [4.69, 9.17) is 4.74 Å². The summed E-state index contributed by atoms with van der Waals surface area (Å²) in [6.45, 7) is 12.8. The van der Waals surface area contributed by atoms with Gasteiger partial charge in [-0.2, -0.15) is 0 Å². The third-order valence-corrected chi connectivity index (χ3v) is 11.2. The highest BCUT2D eigenvalue weighted by Gasteiger charge is 2.75. The molecule has 0 aromatic rings. The highest BCUT2D eigenvalue weighted by Crippen LogP contribution is 2.74. The van der Waals surface area contributed by atoms with Gasteiger partial charge in [-0.1, -0.05) is 66.7 Å². The van der Waals surface area contributed by atoms with Gasteiger partial charge in [0.2, 0.25) is 0 Å². The number of epoxide rings is 1. The van der Waals surface area contributed by atoms with Crippen LogP contribution in [0.3, 0.4) is 0 Å². The Balaban J connectivity index is 1.33. The molecule has 1 saturated heterocycles. The van der Waals surface area contributed by atoms with Crippen LogP contribution in [0.25, 0.3) is 0 Å². The minimum atomic E-state index is 0.322. The number of hydrogen-bond acceptors (Lipinski definition) is 1. The molecule has 0 radical (unpaired) electrons. The minimum absolute atomic E-state index is 0.322. The van der Waals surface area contributed by atoms with Crippen LogP contribution in [0.15, 0.2) is 0 Å². The molecule has 1 heterocycles. The van der Waals surface area contributed by atoms with E-state index in [-0.39, 0.29) is 0 Å². The zero-order chi connectivity index (χ0) is 19.7. The summed E-state index contributed by atoms with van der Waals surface area (Å²) in [6.07, 6.45) is 18.1. The Morgan fingerprint density at radius 2 is 1.68 bits per heavy atom. The first-order chi connectivity index (χ1) is 13.3. The van der Waals surface area contributed by atoms with E-state index < -0.39 is 0 Å². The van der Waals surface area contributed by atoms with Crippen LogP contribution in [0, 0.1) is 46.3 Å². The van der Waals surface area contributed by atoms with E-state index in [0.717, 1.165) is 35.5 Å². The van der Waals surface area contributed by atoms with E-state index in [2.05, 4.69) is 34.6 Å². The largest absolute Gasteiger partial charge is 0.365 e. The molecule has 0 bridgehead atoms. The summed E-state index contributed by atoms with van der Waals surface area (Å²) in [5, 5.41) is 0. The molecule has 4 aliphatic carbocycles. The topological polar surface area (TPSA) is 12.5 Å². The zero-order valence-corrected chi connectivity index (χ0v) is 19.4. The molecular formula is C27H46O. The van der Waals surface area contributed by atoms with Gasteiger partial charge in [-0.25, -0.2) is 0 Å². The van der Waals surface area contributed by atoms with Gasteiger partial charge in [0.15, 0.2) is 0 Å². The summed E-state index contributed by atoms with van der Waals surface area (Å²) in [5.74, 6) is 5.69. The Labute approximate surface area is 174 Å². The van der Waals surface area contributed by atoms with Crippen LogP contribution < -0.4 is 0 Å². The van der Waals surface area contributed by atoms with E-state index in [1.807, 2.05) is 0 Å². The fourth-order valence-corrected chi connectivity index (χ4v) is 9.74. The van der Waals surface area contributed by atoms with Crippen molar-refractivity contribution in [1.82, 2.24) is 0 Å². The first-order valence-electron chi connectivity index (χ1n) is 13.0. The summed E-state index contributed by atoms with van der Waals surface area (Å²) in [5.41, 5.74) is 1.45. The molecule has 0 unspecified atom stereocenters. The zero-order valence-electron chi connectivity index (χ0n) is 19.4. The lowest BCUT2D eigenvalue weighted by Crippen LogP contribution is -2.57. The Bertz CT molecular complexity index is 597. The van der Waals surface area contributed by atoms with Crippen molar-refractivity contribution in [3.8, 4) is 0 Å². The Morgan fingerprint density at radius 1 is 0.893 bits per heavy atom. The van der Waals surface area contributed by atoms with Crippen molar-refractivity contribution in [3.05, 3.63) is 0 Å². The minimum Gasteiger partial charge on any atom is -0.365 e. The lowest BCUT2D eigenvalue weighted by atomic mass is 9.44. The van der Waals surface area contributed by atoms with Gasteiger partial charge in [-0.15, -0.1) is 0 Å². The van der Waals surface area contributed by atoms with Gasteiger partial charge >= 0.3 is 0 Å².